The number of hydrogen-bond acceptors (Lipinski definition) is 2. The van der Waals surface area contributed by atoms with Crippen molar-refractivity contribution in [3.05, 3.63) is 71.4 Å². The van der Waals surface area contributed by atoms with Crippen LogP contribution < -0.4 is 0 Å². The Morgan fingerprint density at radius 2 is 1.85 bits per heavy atom. The molecular weight excluding hydrogens is 354 g/mol. The Bertz CT molecular complexity index is 1120. The summed E-state index contributed by atoms with van der Waals surface area (Å²) < 4.78 is 28.2. The van der Waals surface area contributed by atoms with Crippen LogP contribution in [0.3, 0.4) is 0 Å². The molecular formula is C23H25NO2S. The SMILES string of the molecule is CC/C=C/c1cc2c(c3c1ccn3S(=O)(=O)c1ccccc1)[C@H](C)C[C@H]2C. The van der Waals surface area contributed by atoms with Gasteiger partial charge in [-0.2, -0.15) is 0 Å². The van der Waals surface area contributed by atoms with Crippen molar-refractivity contribution in [1.82, 2.24) is 3.97 Å². The Kier molecular flexibility index (Phi) is 4.47. The lowest BCUT2D eigenvalue weighted by atomic mass is 9.96. The Balaban J connectivity index is 2.06. The summed E-state index contributed by atoms with van der Waals surface area (Å²) in [6, 6.07) is 12.9. The van der Waals surface area contributed by atoms with Gasteiger partial charge in [0, 0.05) is 11.6 Å². The van der Waals surface area contributed by atoms with E-state index in [-0.39, 0.29) is 0 Å². The zero-order chi connectivity index (χ0) is 19.2. The molecule has 0 fully saturated rings. The third-order valence-electron chi connectivity index (χ3n) is 5.60. The summed E-state index contributed by atoms with van der Waals surface area (Å²) in [4.78, 5) is 0.324. The minimum atomic E-state index is -3.63. The predicted octanol–water partition coefficient (Wildman–Crippen LogP) is 5.91. The van der Waals surface area contributed by atoms with Gasteiger partial charge in [-0.15, -0.1) is 0 Å². The smallest absolute Gasteiger partial charge is 0.241 e. The fourth-order valence-electron chi connectivity index (χ4n) is 4.36. The van der Waals surface area contributed by atoms with Crippen LogP contribution in [0.5, 0.6) is 0 Å². The van der Waals surface area contributed by atoms with Crippen LogP contribution in [0, 0.1) is 0 Å². The van der Waals surface area contributed by atoms with Gasteiger partial charge in [0.1, 0.15) is 0 Å². The van der Waals surface area contributed by atoms with Crippen molar-refractivity contribution in [3.63, 3.8) is 0 Å². The lowest BCUT2D eigenvalue weighted by Gasteiger charge is -2.15. The van der Waals surface area contributed by atoms with Crippen molar-refractivity contribution in [2.45, 2.75) is 50.3 Å². The number of hydrogen-bond donors (Lipinski definition) is 0. The maximum Gasteiger partial charge on any atom is 0.268 e. The molecule has 1 heterocycles. The molecule has 4 rings (SSSR count). The number of aromatic nitrogens is 1. The first-order chi connectivity index (χ1) is 12.9. The molecule has 0 amide bonds. The van der Waals surface area contributed by atoms with E-state index >= 15 is 0 Å². The lowest BCUT2D eigenvalue weighted by Crippen LogP contribution is -2.13. The molecule has 0 radical (unpaired) electrons. The summed E-state index contributed by atoms with van der Waals surface area (Å²) >= 11 is 0. The topological polar surface area (TPSA) is 39.1 Å². The molecule has 0 N–H and O–H groups in total. The molecule has 1 aliphatic carbocycles. The maximum atomic E-state index is 13.4. The molecule has 0 bridgehead atoms. The third kappa shape index (κ3) is 2.83. The van der Waals surface area contributed by atoms with Gasteiger partial charge in [-0.3, -0.25) is 0 Å². The molecule has 27 heavy (non-hydrogen) atoms. The van der Waals surface area contributed by atoms with Crippen LogP contribution in [0.25, 0.3) is 17.0 Å². The van der Waals surface area contributed by atoms with E-state index in [4.69, 9.17) is 0 Å². The van der Waals surface area contributed by atoms with Crippen molar-refractivity contribution in [2.24, 2.45) is 0 Å². The van der Waals surface area contributed by atoms with Gasteiger partial charge in [-0.05, 0) is 59.6 Å². The first-order valence-electron chi connectivity index (χ1n) is 9.60. The molecule has 2 aromatic carbocycles. The van der Waals surface area contributed by atoms with Crippen LogP contribution >= 0.6 is 0 Å². The highest BCUT2D eigenvalue weighted by Gasteiger charge is 2.31. The molecule has 140 valence electrons. The zero-order valence-electron chi connectivity index (χ0n) is 16.0. The van der Waals surface area contributed by atoms with Crippen molar-refractivity contribution >= 4 is 27.0 Å². The highest BCUT2D eigenvalue weighted by molar-refractivity contribution is 7.90. The molecule has 0 aliphatic heterocycles. The molecule has 0 spiro atoms. The number of rotatable bonds is 4. The van der Waals surface area contributed by atoms with Crippen LogP contribution in [0.4, 0.5) is 0 Å². The lowest BCUT2D eigenvalue weighted by molar-refractivity contribution is 0.589. The Morgan fingerprint density at radius 1 is 1.11 bits per heavy atom. The fourth-order valence-corrected chi connectivity index (χ4v) is 5.75. The van der Waals surface area contributed by atoms with E-state index in [2.05, 4.69) is 39.0 Å². The Labute approximate surface area is 161 Å². The average Bonchev–Trinajstić information content (AvgIpc) is 3.22. The quantitative estimate of drug-likeness (QED) is 0.565. The van der Waals surface area contributed by atoms with E-state index in [0.717, 1.165) is 29.3 Å². The van der Waals surface area contributed by atoms with Gasteiger partial charge < -0.3 is 0 Å². The average molecular weight is 380 g/mol. The monoisotopic (exact) mass is 379 g/mol. The molecule has 3 nitrogen and oxygen atoms in total. The molecule has 0 saturated heterocycles. The van der Waals surface area contributed by atoms with Crippen LogP contribution in [0.2, 0.25) is 0 Å². The Morgan fingerprint density at radius 3 is 2.56 bits per heavy atom. The number of benzene rings is 2. The van der Waals surface area contributed by atoms with Gasteiger partial charge in [-0.25, -0.2) is 12.4 Å². The summed E-state index contributed by atoms with van der Waals surface area (Å²) in [7, 11) is -3.63. The highest BCUT2D eigenvalue weighted by atomic mass is 32.2. The van der Waals surface area contributed by atoms with E-state index < -0.39 is 10.0 Å². The maximum absolute atomic E-state index is 13.4. The van der Waals surface area contributed by atoms with Gasteiger partial charge in [0.05, 0.1) is 10.4 Å². The second-order valence-electron chi connectivity index (χ2n) is 7.51. The molecule has 3 aromatic rings. The fraction of sp³-hybridized carbons (Fsp3) is 0.304. The molecule has 0 unspecified atom stereocenters. The van der Waals surface area contributed by atoms with Gasteiger partial charge in [0.25, 0.3) is 10.0 Å². The molecule has 4 heteroatoms. The van der Waals surface area contributed by atoms with Crippen LogP contribution in [0.1, 0.15) is 62.1 Å². The standard InChI is InChI=1S/C23H25NO2S/c1-4-5-9-18-15-21-16(2)14-17(3)22(21)23-20(18)12-13-24(23)27(25,26)19-10-7-6-8-11-19/h5-13,15-17H,4,14H2,1-3H3/b9-5+/t16-,17-/m1/s1. The molecule has 1 aliphatic rings. The van der Waals surface area contributed by atoms with Gasteiger partial charge >= 0.3 is 0 Å². The van der Waals surface area contributed by atoms with Crippen molar-refractivity contribution in [3.8, 4) is 0 Å². The normalized spacial score (nSPS) is 19.8. The summed E-state index contributed by atoms with van der Waals surface area (Å²) in [5, 5.41) is 1.01. The second-order valence-corrected chi connectivity index (χ2v) is 9.32. The summed E-state index contributed by atoms with van der Waals surface area (Å²) in [5.74, 6) is 0.789. The minimum Gasteiger partial charge on any atom is -0.241 e. The van der Waals surface area contributed by atoms with E-state index in [9.17, 15) is 8.42 Å². The van der Waals surface area contributed by atoms with Crippen LogP contribution in [-0.2, 0) is 10.0 Å². The summed E-state index contributed by atoms with van der Waals surface area (Å²) in [6.45, 7) is 6.55. The zero-order valence-corrected chi connectivity index (χ0v) is 16.8. The first kappa shape index (κ1) is 18.1. The van der Waals surface area contributed by atoms with E-state index in [0.29, 0.717) is 16.7 Å². The number of nitrogens with zero attached hydrogens (tertiary/aromatic N) is 1. The van der Waals surface area contributed by atoms with E-state index in [1.807, 2.05) is 12.1 Å². The van der Waals surface area contributed by atoms with Crippen molar-refractivity contribution < 1.29 is 8.42 Å². The first-order valence-corrected chi connectivity index (χ1v) is 11.0. The summed E-state index contributed by atoms with van der Waals surface area (Å²) in [6.07, 6.45) is 7.98. The third-order valence-corrected chi connectivity index (χ3v) is 7.29. The van der Waals surface area contributed by atoms with Gasteiger partial charge in [0.2, 0.25) is 0 Å². The van der Waals surface area contributed by atoms with Crippen molar-refractivity contribution in [2.75, 3.05) is 0 Å². The van der Waals surface area contributed by atoms with Gasteiger partial charge in [-0.1, -0.05) is 57.2 Å². The van der Waals surface area contributed by atoms with Gasteiger partial charge in [0.15, 0.2) is 0 Å². The van der Waals surface area contributed by atoms with Crippen molar-refractivity contribution in [1.29, 1.82) is 0 Å². The number of fused-ring (bicyclic) bond motifs is 3. The van der Waals surface area contributed by atoms with Crippen LogP contribution in [-0.4, -0.2) is 12.4 Å². The van der Waals surface area contributed by atoms with E-state index in [1.54, 1.807) is 30.5 Å². The largest absolute Gasteiger partial charge is 0.268 e. The Hall–Kier alpha value is -2.33. The second kappa shape index (κ2) is 6.68. The summed E-state index contributed by atoms with van der Waals surface area (Å²) in [5.41, 5.74) is 4.43. The minimum absolute atomic E-state index is 0.324. The highest BCUT2D eigenvalue weighted by Crippen LogP contribution is 2.46. The van der Waals surface area contributed by atoms with E-state index in [1.165, 1.54) is 15.1 Å². The molecule has 0 saturated carbocycles. The molecule has 2 atom stereocenters. The molecule has 1 aromatic heterocycles. The van der Waals surface area contributed by atoms with Crippen LogP contribution in [0.15, 0.2) is 59.6 Å². The number of allylic oxidation sites excluding steroid dienone is 1. The predicted molar refractivity (Wildman–Crippen MR) is 112 cm³/mol.